The van der Waals surface area contributed by atoms with E-state index in [-0.39, 0.29) is 19.0 Å². The third-order valence-corrected chi connectivity index (χ3v) is 2.28. The van der Waals surface area contributed by atoms with Crippen LogP contribution in [0.25, 0.3) is 0 Å². The Morgan fingerprint density at radius 3 is 2.53 bits per heavy atom. The minimum Gasteiger partial charge on any atom is -0.388 e. The standard InChI is InChI=1S/C11H24N2O4/c1-11(15,4-6-16-2)9-13-10(14)8-12-5-7-17-3/h12,15H,4-9H2,1-3H3,(H,13,14). The zero-order valence-electron chi connectivity index (χ0n) is 10.9. The van der Waals surface area contributed by atoms with Crippen LogP contribution < -0.4 is 10.6 Å². The molecule has 0 aromatic carbocycles. The molecule has 3 N–H and O–H groups in total. The number of nitrogens with one attached hydrogen (secondary N) is 2. The van der Waals surface area contributed by atoms with E-state index in [2.05, 4.69) is 10.6 Å². The molecule has 1 amide bonds. The van der Waals surface area contributed by atoms with Crippen molar-refractivity contribution in [3.63, 3.8) is 0 Å². The molecule has 0 bridgehead atoms. The summed E-state index contributed by atoms with van der Waals surface area (Å²) in [6, 6.07) is 0. The molecule has 0 aliphatic heterocycles. The van der Waals surface area contributed by atoms with Crippen LogP contribution in [0.4, 0.5) is 0 Å². The molecule has 1 atom stereocenters. The Hall–Kier alpha value is -0.690. The lowest BCUT2D eigenvalue weighted by Gasteiger charge is -2.23. The monoisotopic (exact) mass is 248 g/mol. The average molecular weight is 248 g/mol. The molecule has 102 valence electrons. The van der Waals surface area contributed by atoms with Crippen LogP contribution in [0.3, 0.4) is 0 Å². The van der Waals surface area contributed by atoms with Gasteiger partial charge in [0, 0.05) is 40.3 Å². The zero-order chi connectivity index (χ0) is 13.1. The van der Waals surface area contributed by atoms with E-state index < -0.39 is 5.60 Å². The Morgan fingerprint density at radius 2 is 1.94 bits per heavy atom. The first-order valence-corrected chi connectivity index (χ1v) is 5.69. The molecular formula is C11H24N2O4. The summed E-state index contributed by atoms with van der Waals surface area (Å²) in [6.07, 6.45) is 0.487. The van der Waals surface area contributed by atoms with E-state index >= 15 is 0 Å². The topological polar surface area (TPSA) is 79.8 Å². The molecule has 0 saturated carbocycles. The third-order valence-electron chi connectivity index (χ3n) is 2.28. The lowest BCUT2D eigenvalue weighted by Crippen LogP contribution is -2.44. The summed E-state index contributed by atoms with van der Waals surface area (Å²) >= 11 is 0. The van der Waals surface area contributed by atoms with E-state index in [1.807, 2.05) is 0 Å². The summed E-state index contributed by atoms with van der Waals surface area (Å²) in [7, 11) is 3.18. The van der Waals surface area contributed by atoms with Crippen LogP contribution in [-0.4, -0.2) is 63.7 Å². The van der Waals surface area contributed by atoms with Gasteiger partial charge in [-0.05, 0) is 6.92 Å². The minimum absolute atomic E-state index is 0.140. The maximum Gasteiger partial charge on any atom is 0.234 e. The Bertz CT molecular complexity index is 210. The van der Waals surface area contributed by atoms with Crippen molar-refractivity contribution >= 4 is 5.91 Å². The molecule has 0 aromatic heterocycles. The van der Waals surface area contributed by atoms with E-state index in [4.69, 9.17) is 9.47 Å². The lowest BCUT2D eigenvalue weighted by molar-refractivity contribution is -0.121. The normalized spacial score (nSPS) is 14.4. The minimum atomic E-state index is -0.932. The molecule has 0 aliphatic carbocycles. The maximum absolute atomic E-state index is 11.4. The predicted octanol–water partition coefficient (Wildman–Crippen LogP) is -0.874. The Kier molecular flexibility index (Phi) is 8.97. The SMILES string of the molecule is COCCNCC(=O)NCC(C)(O)CCOC. The van der Waals surface area contributed by atoms with Crippen molar-refractivity contribution < 1.29 is 19.4 Å². The first-order valence-electron chi connectivity index (χ1n) is 5.69. The molecule has 0 aliphatic rings. The van der Waals surface area contributed by atoms with Gasteiger partial charge in [0.05, 0.1) is 18.8 Å². The fourth-order valence-electron chi connectivity index (χ4n) is 1.14. The second kappa shape index (κ2) is 9.35. The number of hydrogen-bond donors (Lipinski definition) is 3. The summed E-state index contributed by atoms with van der Waals surface area (Å²) in [5, 5.41) is 15.5. The molecule has 1 unspecified atom stereocenters. The van der Waals surface area contributed by atoms with Gasteiger partial charge in [0.2, 0.25) is 5.91 Å². The van der Waals surface area contributed by atoms with Crippen molar-refractivity contribution in [3.05, 3.63) is 0 Å². The zero-order valence-corrected chi connectivity index (χ0v) is 10.9. The quantitative estimate of drug-likeness (QED) is 0.438. The van der Waals surface area contributed by atoms with Crippen LogP contribution in [-0.2, 0) is 14.3 Å². The van der Waals surface area contributed by atoms with Gasteiger partial charge in [-0.25, -0.2) is 0 Å². The van der Waals surface area contributed by atoms with Crippen LogP contribution in [0.15, 0.2) is 0 Å². The summed E-state index contributed by atoms with van der Waals surface area (Å²) in [5.41, 5.74) is -0.932. The summed E-state index contributed by atoms with van der Waals surface area (Å²) in [6.45, 7) is 3.79. The highest BCUT2D eigenvalue weighted by Gasteiger charge is 2.20. The van der Waals surface area contributed by atoms with Crippen LogP contribution in [0.5, 0.6) is 0 Å². The van der Waals surface area contributed by atoms with Gasteiger partial charge in [-0.3, -0.25) is 4.79 Å². The highest BCUT2D eigenvalue weighted by atomic mass is 16.5. The Morgan fingerprint density at radius 1 is 1.29 bits per heavy atom. The van der Waals surface area contributed by atoms with E-state index in [0.29, 0.717) is 26.2 Å². The van der Waals surface area contributed by atoms with Gasteiger partial charge in [0.25, 0.3) is 0 Å². The molecule has 6 heteroatoms. The molecule has 0 saturated heterocycles. The van der Waals surface area contributed by atoms with Gasteiger partial charge in [0.1, 0.15) is 0 Å². The van der Waals surface area contributed by atoms with Gasteiger partial charge < -0.3 is 25.2 Å². The Labute approximate surface area is 103 Å². The van der Waals surface area contributed by atoms with Crippen LogP contribution in [0.1, 0.15) is 13.3 Å². The molecule has 0 fully saturated rings. The summed E-state index contributed by atoms with van der Waals surface area (Å²) in [5.74, 6) is -0.140. The van der Waals surface area contributed by atoms with Crippen molar-refractivity contribution in [2.24, 2.45) is 0 Å². The molecule has 0 spiro atoms. The number of methoxy groups -OCH3 is 2. The van der Waals surface area contributed by atoms with Gasteiger partial charge in [0.15, 0.2) is 0 Å². The number of hydrogen-bond acceptors (Lipinski definition) is 5. The first-order chi connectivity index (χ1) is 8.02. The van der Waals surface area contributed by atoms with E-state index in [9.17, 15) is 9.90 Å². The fraction of sp³-hybridized carbons (Fsp3) is 0.909. The predicted molar refractivity (Wildman–Crippen MR) is 64.9 cm³/mol. The van der Waals surface area contributed by atoms with Gasteiger partial charge in [-0.2, -0.15) is 0 Å². The second-order valence-electron chi connectivity index (χ2n) is 4.19. The van der Waals surface area contributed by atoms with Crippen molar-refractivity contribution in [2.75, 3.05) is 47.1 Å². The van der Waals surface area contributed by atoms with Crippen molar-refractivity contribution in [1.29, 1.82) is 0 Å². The second-order valence-corrected chi connectivity index (χ2v) is 4.19. The molecule has 0 heterocycles. The summed E-state index contributed by atoms with van der Waals surface area (Å²) < 4.78 is 9.71. The number of rotatable bonds is 10. The van der Waals surface area contributed by atoms with Crippen LogP contribution in [0, 0.1) is 0 Å². The molecular weight excluding hydrogens is 224 g/mol. The lowest BCUT2D eigenvalue weighted by atomic mass is 10.0. The molecule has 0 rings (SSSR count). The van der Waals surface area contributed by atoms with Gasteiger partial charge in [-0.15, -0.1) is 0 Å². The highest BCUT2D eigenvalue weighted by Crippen LogP contribution is 2.07. The van der Waals surface area contributed by atoms with Gasteiger partial charge in [-0.1, -0.05) is 0 Å². The van der Waals surface area contributed by atoms with Crippen LogP contribution >= 0.6 is 0 Å². The number of carbonyl (C=O) groups is 1. The molecule has 0 radical (unpaired) electrons. The Balaban J connectivity index is 3.60. The third kappa shape index (κ3) is 10.2. The first kappa shape index (κ1) is 16.3. The largest absolute Gasteiger partial charge is 0.388 e. The van der Waals surface area contributed by atoms with Gasteiger partial charge >= 0.3 is 0 Å². The van der Waals surface area contributed by atoms with Crippen molar-refractivity contribution in [2.45, 2.75) is 18.9 Å². The van der Waals surface area contributed by atoms with E-state index in [1.165, 1.54) is 0 Å². The van der Waals surface area contributed by atoms with Crippen molar-refractivity contribution in [1.82, 2.24) is 10.6 Å². The fourth-order valence-corrected chi connectivity index (χ4v) is 1.14. The smallest absolute Gasteiger partial charge is 0.234 e. The number of amides is 1. The number of aliphatic hydroxyl groups is 1. The molecule has 17 heavy (non-hydrogen) atoms. The maximum atomic E-state index is 11.4. The molecule has 0 aromatic rings. The van der Waals surface area contributed by atoms with Crippen LogP contribution in [0.2, 0.25) is 0 Å². The van der Waals surface area contributed by atoms with Crippen molar-refractivity contribution in [3.8, 4) is 0 Å². The van der Waals surface area contributed by atoms with E-state index in [1.54, 1.807) is 21.1 Å². The number of carbonyl (C=O) groups excluding carboxylic acids is 1. The highest BCUT2D eigenvalue weighted by molar-refractivity contribution is 5.78. The molecule has 6 nitrogen and oxygen atoms in total. The average Bonchev–Trinajstić information content (AvgIpc) is 2.30. The number of ether oxygens (including phenoxy) is 2. The summed E-state index contributed by atoms with van der Waals surface area (Å²) in [4.78, 5) is 11.4. The van der Waals surface area contributed by atoms with E-state index in [0.717, 1.165) is 0 Å².